The fourth-order valence-corrected chi connectivity index (χ4v) is 3.80. The third kappa shape index (κ3) is 5.15. The van der Waals surface area contributed by atoms with Gasteiger partial charge >= 0.3 is 0 Å². The zero-order valence-corrected chi connectivity index (χ0v) is 18.6. The van der Waals surface area contributed by atoms with Crippen LogP contribution in [0, 0.1) is 6.92 Å². The minimum atomic E-state index is -0.113. The van der Waals surface area contributed by atoms with Crippen molar-refractivity contribution >= 4 is 5.91 Å². The Hall–Kier alpha value is -3.64. The van der Waals surface area contributed by atoms with Gasteiger partial charge in [-0.1, -0.05) is 42.5 Å². The average molecular weight is 428 g/mol. The number of nitrogens with zero attached hydrogens (tertiary/aromatic N) is 4. The van der Waals surface area contributed by atoms with Crippen molar-refractivity contribution in [2.24, 2.45) is 0 Å². The van der Waals surface area contributed by atoms with Crippen LogP contribution in [-0.2, 0) is 6.54 Å². The predicted octanol–water partition coefficient (Wildman–Crippen LogP) is 4.22. The second kappa shape index (κ2) is 10.1. The minimum Gasteiger partial charge on any atom is -0.352 e. The van der Waals surface area contributed by atoms with Crippen molar-refractivity contribution in [2.75, 3.05) is 20.1 Å². The maximum atomic E-state index is 13.0. The highest BCUT2D eigenvalue weighted by atomic mass is 16.1. The van der Waals surface area contributed by atoms with Gasteiger partial charge in [-0.3, -0.25) is 4.79 Å². The second-order valence-corrected chi connectivity index (χ2v) is 8.06. The van der Waals surface area contributed by atoms with Crippen LogP contribution < -0.4 is 5.32 Å². The van der Waals surface area contributed by atoms with Gasteiger partial charge in [-0.25, -0.2) is 4.68 Å². The molecule has 6 heteroatoms. The molecule has 2 heterocycles. The van der Waals surface area contributed by atoms with Gasteiger partial charge in [0.2, 0.25) is 0 Å². The van der Waals surface area contributed by atoms with Crippen LogP contribution in [0.5, 0.6) is 0 Å². The van der Waals surface area contributed by atoms with Crippen LogP contribution in [0.2, 0.25) is 0 Å². The standard InChI is InChI=1S/C26H29N5O/c1-21-10-8-13-23(18-21)31-26(30-16-6-7-17-30)24(19-28-31)25(32)27-14-9-15-29(2)20-22-11-4-3-5-12-22/h3-8,10-13,16-19H,9,14-15,20H2,1-2H3,(H,27,32). The fourth-order valence-electron chi connectivity index (χ4n) is 3.80. The summed E-state index contributed by atoms with van der Waals surface area (Å²) in [6.07, 6.45) is 6.38. The molecule has 0 atom stereocenters. The summed E-state index contributed by atoms with van der Waals surface area (Å²) in [6.45, 7) is 4.46. The topological polar surface area (TPSA) is 55.1 Å². The van der Waals surface area contributed by atoms with Gasteiger partial charge in [-0.15, -0.1) is 0 Å². The zero-order chi connectivity index (χ0) is 22.3. The molecular formula is C26H29N5O. The Balaban J connectivity index is 1.41. The normalized spacial score (nSPS) is 11.1. The number of amides is 1. The second-order valence-electron chi connectivity index (χ2n) is 8.06. The summed E-state index contributed by atoms with van der Waals surface area (Å²) in [5.41, 5.74) is 3.91. The molecule has 1 amide bonds. The van der Waals surface area contributed by atoms with E-state index in [-0.39, 0.29) is 5.91 Å². The number of carbonyl (C=O) groups is 1. The van der Waals surface area contributed by atoms with Crippen molar-refractivity contribution in [3.05, 3.63) is 102 Å². The largest absolute Gasteiger partial charge is 0.352 e. The predicted molar refractivity (Wildman–Crippen MR) is 127 cm³/mol. The lowest BCUT2D eigenvalue weighted by Gasteiger charge is -2.17. The lowest BCUT2D eigenvalue weighted by Crippen LogP contribution is -2.28. The SMILES string of the molecule is Cc1cccc(-n2ncc(C(=O)NCCCN(C)Cc3ccccc3)c2-n2cccc2)c1. The number of carbonyl (C=O) groups excluding carboxylic acids is 1. The molecule has 0 fully saturated rings. The van der Waals surface area contributed by atoms with Gasteiger partial charge in [0.1, 0.15) is 5.56 Å². The molecule has 4 rings (SSSR count). The van der Waals surface area contributed by atoms with Gasteiger partial charge < -0.3 is 14.8 Å². The molecule has 0 radical (unpaired) electrons. The summed E-state index contributed by atoms with van der Waals surface area (Å²) < 4.78 is 3.74. The number of hydrogen-bond donors (Lipinski definition) is 1. The van der Waals surface area contributed by atoms with Crippen LogP contribution in [-0.4, -0.2) is 45.3 Å². The molecule has 32 heavy (non-hydrogen) atoms. The number of hydrogen-bond acceptors (Lipinski definition) is 3. The van der Waals surface area contributed by atoms with E-state index in [0.29, 0.717) is 12.1 Å². The van der Waals surface area contributed by atoms with Crippen LogP contribution in [0.4, 0.5) is 0 Å². The fraction of sp³-hybridized carbons (Fsp3) is 0.231. The van der Waals surface area contributed by atoms with Crippen LogP contribution in [0.1, 0.15) is 27.9 Å². The van der Waals surface area contributed by atoms with E-state index in [1.54, 1.807) is 6.20 Å². The first-order valence-electron chi connectivity index (χ1n) is 10.9. The summed E-state index contributed by atoms with van der Waals surface area (Å²) in [7, 11) is 2.10. The molecule has 2 aromatic heterocycles. The zero-order valence-electron chi connectivity index (χ0n) is 18.6. The highest BCUT2D eigenvalue weighted by Gasteiger charge is 2.19. The Kier molecular flexibility index (Phi) is 6.82. The van der Waals surface area contributed by atoms with Crippen molar-refractivity contribution in [3.8, 4) is 11.5 Å². The van der Waals surface area contributed by atoms with E-state index in [9.17, 15) is 4.79 Å². The molecule has 0 aliphatic carbocycles. The Labute approximate surface area is 189 Å². The van der Waals surface area contributed by atoms with Gasteiger partial charge in [-0.05, 0) is 62.3 Å². The van der Waals surface area contributed by atoms with Crippen molar-refractivity contribution < 1.29 is 4.79 Å². The van der Waals surface area contributed by atoms with Gasteiger partial charge in [0.05, 0.1) is 11.9 Å². The van der Waals surface area contributed by atoms with E-state index in [4.69, 9.17) is 0 Å². The van der Waals surface area contributed by atoms with Gasteiger partial charge in [-0.2, -0.15) is 5.10 Å². The molecule has 0 unspecified atom stereocenters. The molecule has 4 aromatic rings. The van der Waals surface area contributed by atoms with Crippen LogP contribution >= 0.6 is 0 Å². The number of rotatable bonds is 9. The van der Waals surface area contributed by atoms with E-state index >= 15 is 0 Å². The monoisotopic (exact) mass is 427 g/mol. The Morgan fingerprint density at radius 1 is 1.03 bits per heavy atom. The average Bonchev–Trinajstić information content (AvgIpc) is 3.47. The molecule has 2 aromatic carbocycles. The van der Waals surface area contributed by atoms with Crippen molar-refractivity contribution in [1.82, 2.24) is 24.6 Å². The van der Waals surface area contributed by atoms with E-state index in [2.05, 4.69) is 52.7 Å². The molecule has 0 aliphatic rings. The molecular weight excluding hydrogens is 398 g/mol. The molecule has 1 N–H and O–H groups in total. The van der Waals surface area contributed by atoms with Crippen molar-refractivity contribution in [1.29, 1.82) is 0 Å². The van der Waals surface area contributed by atoms with Gasteiger partial charge in [0, 0.05) is 25.5 Å². The third-order valence-electron chi connectivity index (χ3n) is 5.38. The van der Waals surface area contributed by atoms with Crippen LogP contribution in [0.25, 0.3) is 11.5 Å². The highest BCUT2D eigenvalue weighted by Crippen LogP contribution is 2.20. The smallest absolute Gasteiger partial charge is 0.256 e. The van der Waals surface area contributed by atoms with Crippen LogP contribution in [0.3, 0.4) is 0 Å². The summed E-state index contributed by atoms with van der Waals surface area (Å²) in [6, 6.07) is 22.4. The van der Waals surface area contributed by atoms with E-state index < -0.39 is 0 Å². The number of nitrogens with one attached hydrogen (secondary N) is 1. The van der Waals surface area contributed by atoms with Crippen molar-refractivity contribution in [3.63, 3.8) is 0 Å². The summed E-state index contributed by atoms with van der Waals surface area (Å²) in [5.74, 6) is 0.623. The van der Waals surface area contributed by atoms with Gasteiger partial charge in [0.15, 0.2) is 5.82 Å². The van der Waals surface area contributed by atoms with Crippen LogP contribution in [0.15, 0.2) is 85.3 Å². The molecule has 0 aliphatic heterocycles. The van der Waals surface area contributed by atoms with Gasteiger partial charge in [0.25, 0.3) is 5.91 Å². The minimum absolute atomic E-state index is 0.113. The lowest BCUT2D eigenvalue weighted by molar-refractivity contribution is 0.0952. The quantitative estimate of drug-likeness (QED) is 0.407. The number of aryl methyl sites for hydroxylation is 1. The molecule has 164 valence electrons. The first kappa shape index (κ1) is 21.6. The summed E-state index contributed by atoms with van der Waals surface area (Å²) >= 11 is 0. The Bertz CT molecular complexity index is 1150. The summed E-state index contributed by atoms with van der Waals surface area (Å²) in [5, 5.41) is 7.60. The third-order valence-corrected chi connectivity index (χ3v) is 5.38. The van der Waals surface area contributed by atoms with E-state index in [1.165, 1.54) is 5.56 Å². The van der Waals surface area contributed by atoms with Crippen molar-refractivity contribution in [2.45, 2.75) is 19.9 Å². The molecule has 6 nitrogen and oxygen atoms in total. The molecule has 0 saturated carbocycles. The maximum absolute atomic E-state index is 13.0. The Morgan fingerprint density at radius 2 is 1.81 bits per heavy atom. The Morgan fingerprint density at radius 3 is 2.56 bits per heavy atom. The molecule has 0 spiro atoms. The summed E-state index contributed by atoms with van der Waals surface area (Å²) in [4.78, 5) is 15.3. The number of benzene rings is 2. The first-order valence-corrected chi connectivity index (χ1v) is 10.9. The van der Waals surface area contributed by atoms with E-state index in [1.807, 2.05) is 65.0 Å². The number of aromatic nitrogens is 3. The lowest BCUT2D eigenvalue weighted by atomic mass is 10.2. The maximum Gasteiger partial charge on any atom is 0.256 e. The van der Waals surface area contributed by atoms with E-state index in [0.717, 1.165) is 36.6 Å². The molecule has 0 bridgehead atoms. The first-order chi connectivity index (χ1) is 15.6. The molecule has 0 saturated heterocycles. The highest BCUT2D eigenvalue weighted by molar-refractivity contribution is 5.97.